The monoisotopic (exact) mass is 358 g/mol. The van der Waals surface area contributed by atoms with E-state index in [9.17, 15) is 16.8 Å². The summed E-state index contributed by atoms with van der Waals surface area (Å²) in [6.45, 7) is 3.41. The van der Waals surface area contributed by atoms with Crippen molar-refractivity contribution in [1.82, 2.24) is 0 Å². The molecule has 5 nitrogen and oxygen atoms in total. The fraction of sp³-hybridized carbons (Fsp3) is 0.500. The van der Waals surface area contributed by atoms with E-state index < -0.39 is 24.4 Å². The van der Waals surface area contributed by atoms with E-state index in [1.54, 1.807) is 6.92 Å². The smallest absolute Gasteiger partial charge is 0.161 e. The third kappa shape index (κ3) is 3.95. The predicted octanol–water partition coefficient (Wildman–Crippen LogP) is 2.06. The lowest BCUT2D eigenvalue weighted by atomic mass is 10.1. The minimum Gasteiger partial charge on any atom is -0.499 e. The summed E-state index contributed by atoms with van der Waals surface area (Å²) in [5.74, 6) is -0.985. The third-order valence-electron chi connectivity index (χ3n) is 4.29. The summed E-state index contributed by atoms with van der Waals surface area (Å²) >= 11 is 0. The van der Waals surface area contributed by atoms with Crippen LogP contribution in [0.25, 0.3) is 5.57 Å². The van der Waals surface area contributed by atoms with Crippen LogP contribution < -0.4 is 0 Å². The Balaban J connectivity index is 2.18. The SMILES string of the molecule is CCC1(CO/C=C(/C)c2ccccc2)CS(=O)(=O)CCS1(=O)=O. The van der Waals surface area contributed by atoms with Crippen LogP contribution in [0.2, 0.25) is 0 Å². The summed E-state index contributed by atoms with van der Waals surface area (Å²) in [6.07, 6.45) is 1.72. The van der Waals surface area contributed by atoms with Crippen molar-refractivity contribution < 1.29 is 21.6 Å². The molecule has 1 heterocycles. The van der Waals surface area contributed by atoms with E-state index in [1.165, 1.54) is 6.26 Å². The van der Waals surface area contributed by atoms with Gasteiger partial charge in [-0.2, -0.15) is 0 Å². The number of hydrogen-bond donors (Lipinski definition) is 0. The molecule has 1 aromatic rings. The van der Waals surface area contributed by atoms with E-state index in [1.807, 2.05) is 37.3 Å². The van der Waals surface area contributed by atoms with Crippen molar-refractivity contribution in [3.8, 4) is 0 Å². The lowest BCUT2D eigenvalue weighted by Gasteiger charge is -2.34. The lowest BCUT2D eigenvalue weighted by Crippen LogP contribution is -2.54. The highest BCUT2D eigenvalue weighted by Gasteiger charge is 2.50. The van der Waals surface area contributed by atoms with Crippen molar-refractivity contribution in [2.24, 2.45) is 0 Å². The van der Waals surface area contributed by atoms with Gasteiger partial charge in [-0.25, -0.2) is 16.8 Å². The lowest BCUT2D eigenvalue weighted by molar-refractivity contribution is 0.212. The number of sulfone groups is 2. The molecule has 7 heteroatoms. The topological polar surface area (TPSA) is 77.5 Å². The van der Waals surface area contributed by atoms with E-state index in [0.717, 1.165) is 11.1 Å². The molecule has 0 saturated carbocycles. The van der Waals surface area contributed by atoms with E-state index in [-0.39, 0.29) is 30.3 Å². The van der Waals surface area contributed by atoms with Crippen LogP contribution in [0.1, 0.15) is 25.8 Å². The Morgan fingerprint density at radius 3 is 2.43 bits per heavy atom. The van der Waals surface area contributed by atoms with Gasteiger partial charge < -0.3 is 4.74 Å². The van der Waals surface area contributed by atoms with Crippen LogP contribution in [-0.4, -0.2) is 45.4 Å². The van der Waals surface area contributed by atoms with Crippen molar-refractivity contribution in [2.45, 2.75) is 25.0 Å². The fourth-order valence-corrected chi connectivity index (χ4v) is 8.16. The number of allylic oxidation sites excluding steroid dienone is 1. The first-order chi connectivity index (χ1) is 10.7. The summed E-state index contributed by atoms with van der Waals surface area (Å²) in [5, 5.41) is 0. The van der Waals surface area contributed by atoms with Gasteiger partial charge in [-0.1, -0.05) is 37.3 Å². The molecule has 23 heavy (non-hydrogen) atoms. The zero-order valence-electron chi connectivity index (χ0n) is 13.4. The van der Waals surface area contributed by atoms with Gasteiger partial charge in [-0.15, -0.1) is 0 Å². The van der Waals surface area contributed by atoms with Crippen LogP contribution in [0.4, 0.5) is 0 Å². The van der Waals surface area contributed by atoms with Crippen molar-refractivity contribution >= 4 is 25.2 Å². The van der Waals surface area contributed by atoms with Crippen LogP contribution >= 0.6 is 0 Å². The summed E-state index contributed by atoms with van der Waals surface area (Å²) in [4.78, 5) is 0. The Labute approximate surface area is 138 Å². The second kappa shape index (κ2) is 6.65. The molecule has 2 rings (SSSR count). The van der Waals surface area contributed by atoms with E-state index in [4.69, 9.17) is 4.74 Å². The van der Waals surface area contributed by atoms with E-state index >= 15 is 0 Å². The number of benzene rings is 1. The molecule has 1 atom stereocenters. The fourth-order valence-electron chi connectivity index (χ4n) is 2.66. The summed E-state index contributed by atoms with van der Waals surface area (Å²) in [5.41, 5.74) is 1.82. The number of hydrogen-bond acceptors (Lipinski definition) is 5. The average molecular weight is 358 g/mol. The van der Waals surface area contributed by atoms with Crippen LogP contribution in [0.15, 0.2) is 36.6 Å². The Hall–Kier alpha value is -1.34. The molecule has 0 aromatic heterocycles. The van der Waals surface area contributed by atoms with Gasteiger partial charge in [0.1, 0.15) is 11.4 Å². The molecule has 1 aliphatic heterocycles. The average Bonchev–Trinajstić information content (AvgIpc) is 2.51. The van der Waals surface area contributed by atoms with Crippen molar-refractivity contribution in [1.29, 1.82) is 0 Å². The van der Waals surface area contributed by atoms with Gasteiger partial charge in [0.25, 0.3) is 0 Å². The van der Waals surface area contributed by atoms with Crippen LogP contribution in [0.3, 0.4) is 0 Å². The van der Waals surface area contributed by atoms with E-state index in [0.29, 0.717) is 0 Å². The molecule has 1 fully saturated rings. The van der Waals surface area contributed by atoms with Crippen LogP contribution in [0.5, 0.6) is 0 Å². The summed E-state index contributed by atoms with van der Waals surface area (Å²) in [6, 6.07) is 9.55. The van der Waals surface area contributed by atoms with E-state index in [2.05, 4.69) is 0 Å². The van der Waals surface area contributed by atoms with Gasteiger partial charge in [0, 0.05) is 0 Å². The molecular weight excluding hydrogens is 336 g/mol. The maximum Gasteiger partial charge on any atom is 0.161 e. The standard InChI is InChI=1S/C16H22O5S2/c1-3-16(13-22(17,18)9-10-23(16,19)20)12-21-11-14(2)15-7-5-4-6-8-15/h4-8,11H,3,9-10,12-13H2,1-2H3/b14-11-. The van der Waals surface area contributed by atoms with Crippen LogP contribution in [-0.2, 0) is 24.4 Å². The molecule has 0 spiro atoms. The molecule has 1 aromatic carbocycles. The Morgan fingerprint density at radius 1 is 1.17 bits per heavy atom. The van der Waals surface area contributed by atoms with Gasteiger partial charge in [-0.3, -0.25) is 0 Å². The number of rotatable bonds is 5. The quantitative estimate of drug-likeness (QED) is 0.753. The summed E-state index contributed by atoms with van der Waals surface area (Å²) < 4.78 is 52.8. The molecular formula is C16H22O5S2. The highest BCUT2D eigenvalue weighted by molar-refractivity contribution is 7.99. The Morgan fingerprint density at radius 2 is 1.83 bits per heavy atom. The molecule has 0 N–H and O–H groups in total. The highest BCUT2D eigenvalue weighted by Crippen LogP contribution is 2.30. The largest absolute Gasteiger partial charge is 0.499 e. The molecule has 1 unspecified atom stereocenters. The molecule has 128 valence electrons. The second-order valence-electron chi connectivity index (χ2n) is 5.93. The maximum atomic E-state index is 12.4. The molecule has 0 bridgehead atoms. The Bertz CT molecular complexity index is 779. The van der Waals surface area contributed by atoms with Gasteiger partial charge in [0.2, 0.25) is 0 Å². The third-order valence-corrected chi connectivity index (χ3v) is 9.16. The first-order valence-corrected chi connectivity index (χ1v) is 11.0. The van der Waals surface area contributed by atoms with Gasteiger partial charge in [0.05, 0.1) is 23.5 Å². The van der Waals surface area contributed by atoms with Gasteiger partial charge in [-0.05, 0) is 24.5 Å². The van der Waals surface area contributed by atoms with Gasteiger partial charge >= 0.3 is 0 Å². The number of ether oxygens (including phenoxy) is 1. The zero-order chi connectivity index (χ0) is 17.1. The van der Waals surface area contributed by atoms with Crippen molar-refractivity contribution in [3.05, 3.63) is 42.2 Å². The molecule has 0 aliphatic carbocycles. The molecule has 1 aliphatic rings. The second-order valence-corrected chi connectivity index (χ2v) is 10.6. The molecule has 0 amide bonds. The summed E-state index contributed by atoms with van der Waals surface area (Å²) in [7, 11) is -6.86. The van der Waals surface area contributed by atoms with Crippen LogP contribution in [0, 0.1) is 0 Å². The normalized spacial score (nSPS) is 26.6. The van der Waals surface area contributed by atoms with Gasteiger partial charge in [0.15, 0.2) is 19.7 Å². The Kier molecular flexibility index (Phi) is 5.20. The molecule has 0 radical (unpaired) electrons. The highest BCUT2D eigenvalue weighted by atomic mass is 32.2. The zero-order valence-corrected chi connectivity index (χ0v) is 15.0. The minimum atomic E-state index is -3.50. The molecule has 1 saturated heterocycles. The van der Waals surface area contributed by atoms with Crippen molar-refractivity contribution in [2.75, 3.05) is 23.9 Å². The first kappa shape index (κ1) is 18.0. The van der Waals surface area contributed by atoms with Crippen molar-refractivity contribution in [3.63, 3.8) is 0 Å². The predicted molar refractivity (Wildman–Crippen MR) is 91.5 cm³/mol. The minimum absolute atomic E-state index is 0.144. The first-order valence-electron chi connectivity index (χ1n) is 7.48. The maximum absolute atomic E-state index is 12.4.